The molecule has 2 aliphatic rings. The summed E-state index contributed by atoms with van der Waals surface area (Å²) in [6, 6.07) is 22.2. The minimum Gasteiger partial charge on any atom is -0.462 e. The maximum absolute atomic E-state index is 12.8. The van der Waals surface area contributed by atoms with Crippen LogP contribution in [0, 0.1) is 0 Å². The molecule has 12 heteroatoms. The number of carbonyl (C=O) groups is 1. The van der Waals surface area contributed by atoms with Gasteiger partial charge in [0.15, 0.2) is 9.84 Å². The number of likely N-dealkylation sites (tertiary alicyclic amines) is 1. The lowest BCUT2D eigenvalue weighted by Crippen LogP contribution is -2.34. The molecule has 3 heterocycles. The molecule has 1 saturated heterocycles. The molecule has 2 aliphatic heterocycles. The summed E-state index contributed by atoms with van der Waals surface area (Å²) in [5, 5.41) is 2.82. The molecule has 4 aromatic rings. The summed E-state index contributed by atoms with van der Waals surface area (Å²) in [6.45, 7) is 3.15. The van der Waals surface area contributed by atoms with Crippen LogP contribution in [0.5, 0.6) is 6.01 Å². The van der Waals surface area contributed by atoms with Crippen LogP contribution in [-0.2, 0) is 32.3 Å². The Kier molecular flexibility index (Phi) is 11.6. The third-order valence-electron chi connectivity index (χ3n) is 9.43. The van der Waals surface area contributed by atoms with Crippen LogP contribution in [0.3, 0.4) is 0 Å². The maximum Gasteiger partial charge on any atom is 0.330 e. The molecule has 0 aliphatic carbocycles. The number of sulfone groups is 1. The van der Waals surface area contributed by atoms with Gasteiger partial charge in [-0.25, -0.2) is 13.2 Å². The Labute approximate surface area is 299 Å². The summed E-state index contributed by atoms with van der Waals surface area (Å²) in [7, 11) is 0.607. The first kappa shape index (κ1) is 35.6. The molecule has 0 bridgehead atoms. The SMILES string of the molecule is CN(CCCS(=O)(=O)CCOC(=O)C=Cc1ccccc1)c1nc(OC[C@@H]2CCCN2C)nc2c1CCN(c1cccc3cccc(Cl)c13)C2. The van der Waals surface area contributed by atoms with Gasteiger partial charge in [-0.15, -0.1) is 0 Å². The van der Waals surface area contributed by atoms with Gasteiger partial charge in [0, 0.05) is 48.9 Å². The number of carbonyl (C=O) groups excluding carboxylic acids is 1. The van der Waals surface area contributed by atoms with Crippen LogP contribution >= 0.6 is 11.6 Å². The van der Waals surface area contributed by atoms with Crippen molar-refractivity contribution in [2.24, 2.45) is 0 Å². The van der Waals surface area contributed by atoms with E-state index in [0.29, 0.717) is 49.6 Å². The number of halogens is 1. The second-order valence-electron chi connectivity index (χ2n) is 13.0. The van der Waals surface area contributed by atoms with E-state index in [-0.39, 0.29) is 18.1 Å². The molecule has 0 N–H and O–H groups in total. The van der Waals surface area contributed by atoms with E-state index >= 15 is 0 Å². The van der Waals surface area contributed by atoms with Crippen molar-refractivity contribution in [2.75, 3.05) is 68.2 Å². The van der Waals surface area contributed by atoms with E-state index in [1.165, 1.54) is 6.08 Å². The van der Waals surface area contributed by atoms with Gasteiger partial charge in [-0.1, -0.05) is 66.2 Å². The van der Waals surface area contributed by atoms with E-state index in [2.05, 4.69) is 41.1 Å². The Morgan fingerprint density at radius 1 is 1.04 bits per heavy atom. The number of ether oxygens (including phenoxy) is 2. The van der Waals surface area contributed by atoms with Crippen molar-refractivity contribution in [3.05, 3.63) is 94.6 Å². The Hall–Kier alpha value is -4.19. The van der Waals surface area contributed by atoms with Crippen molar-refractivity contribution in [1.82, 2.24) is 14.9 Å². The van der Waals surface area contributed by atoms with Crippen molar-refractivity contribution < 1.29 is 22.7 Å². The van der Waals surface area contributed by atoms with Crippen LogP contribution < -0.4 is 14.5 Å². The molecule has 0 unspecified atom stereocenters. The average Bonchev–Trinajstić information content (AvgIpc) is 3.53. The molecule has 50 heavy (non-hydrogen) atoms. The summed E-state index contributed by atoms with van der Waals surface area (Å²) in [4.78, 5) is 28.5. The number of aromatic nitrogens is 2. The van der Waals surface area contributed by atoms with Crippen molar-refractivity contribution in [3.8, 4) is 6.01 Å². The Bertz CT molecular complexity index is 1940. The fraction of sp³-hybridized carbons (Fsp3) is 0.395. The summed E-state index contributed by atoms with van der Waals surface area (Å²) in [5.74, 6) is -0.0739. The average molecular weight is 718 g/mol. The summed E-state index contributed by atoms with van der Waals surface area (Å²) in [6.07, 6.45) is 6.26. The first-order valence-corrected chi connectivity index (χ1v) is 19.3. The number of rotatable bonds is 14. The lowest BCUT2D eigenvalue weighted by Gasteiger charge is -2.33. The smallest absolute Gasteiger partial charge is 0.330 e. The molecule has 264 valence electrons. The van der Waals surface area contributed by atoms with E-state index in [1.54, 1.807) is 6.08 Å². The van der Waals surface area contributed by atoms with Crippen molar-refractivity contribution in [1.29, 1.82) is 0 Å². The van der Waals surface area contributed by atoms with Gasteiger partial charge in [-0.3, -0.25) is 0 Å². The molecule has 0 spiro atoms. The highest BCUT2D eigenvalue weighted by Crippen LogP contribution is 2.37. The van der Waals surface area contributed by atoms with E-state index in [9.17, 15) is 13.2 Å². The van der Waals surface area contributed by atoms with Gasteiger partial charge in [0.05, 0.1) is 28.8 Å². The van der Waals surface area contributed by atoms with Crippen LogP contribution in [0.15, 0.2) is 72.8 Å². The standard InChI is InChI=1S/C38H44ClN5O5S/c1-42-20-8-14-30(42)27-49-38-40-33-26-44(34-16-7-13-29-12-6-15-32(39)36(29)34)22-19-31(33)37(41-38)43(2)21-9-24-50(46,47)25-23-48-35(45)18-17-28-10-4-3-5-11-28/h3-7,10-13,15-18,30H,8-9,14,19-27H2,1-2H3/t30-/m0/s1. The molecular formula is C38H44ClN5O5S. The van der Waals surface area contributed by atoms with Crippen molar-refractivity contribution >= 4 is 55.8 Å². The minimum atomic E-state index is -3.44. The van der Waals surface area contributed by atoms with Crippen LogP contribution in [0.25, 0.3) is 16.8 Å². The largest absolute Gasteiger partial charge is 0.462 e. The van der Waals surface area contributed by atoms with Gasteiger partial charge in [0.2, 0.25) is 0 Å². The van der Waals surface area contributed by atoms with Gasteiger partial charge in [0.25, 0.3) is 0 Å². The number of fused-ring (bicyclic) bond motifs is 2. The number of likely N-dealkylation sites (N-methyl/N-ethyl adjacent to an activating group) is 1. The Morgan fingerprint density at radius 2 is 1.84 bits per heavy atom. The van der Waals surface area contributed by atoms with Crippen LogP contribution in [0.4, 0.5) is 11.5 Å². The lowest BCUT2D eigenvalue weighted by molar-refractivity contribution is -0.137. The summed E-state index contributed by atoms with van der Waals surface area (Å²) < 4.78 is 37.0. The zero-order valence-corrected chi connectivity index (χ0v) is 30.2. The summed E-state index contributed by atoms with van der Waals surface area (Å²) in [5.41, 5.74) is 3.85. The third kappa shape index (κ3) is 8.93. The first-order valence-electron chi connectivity index (χ1n) is 17.1. The predicted molar refractivity (Wildman–Crippen MR) is 200 cm³/mol. The molecule has 0 amide bonds. The van der Waals surface area contributed by atoms with Crippen LogP contribution in [-0.4, -0.2) is 93.7 Å². The summed E-state index contributed by atoms with van der Waals surface area (Å²) >= 11 is 6.69. The zero-order valence-electron chi connectivity index (χ0n) is 28.6. The first-order chi connectivity index (χ1) is 24.2. The maximum atomic E-state index is 12.8. The van der Waals surface area contributed by atoms with Crippen molar-refractivity contribution in [2.45, 2.75) is 38.3 Å². The molecule has 3 aromatic carbocycles. The zero-order chi connectivity index (χ0) is 35.1. The quantitative estimate of drug-likeness (QED) is 0.117. The lowest BCUT2D eigenvalue weighted by atomic mass is 10.0. The highest BCUT2D eigenvalue weighted by Gasteiger charge is 2.27. The fourth-order valence-corrected chi connectivity index (χ4v) is 8.04. The van der Waals surface area contributed by atoms with Gasteiger partial charge in [0.1, 0.15) is 19.0 Å². The molecule has 0 saturated carbocycles. The molecule has 1 atom stereocenters. The van der Waals surface area contributed by atoms with Gasteiger partial charge in [-0.2, -0.15) is 9.97 Å². The fourth-order valence-electron chi connectivity index (χ4n) is 6.65. The Balaban J connectivity index is 1.11. The molecule has 0 radical (unpaired) electrons. The second-order valence-corrected chi connectivity index (χ2v) is 15.7. The predicted octanol–water partition coefficient (Wildman–Crippen LogP) is 5.82. The normalized spacial score (nSPS) is 16.5. The van der Waals surface area contributed by atoms with Crippen LogP contribution in [0.2, 0.25) is 5.02 Å². The molecule has 1 aromatic heterocycles. The number of hydrogen-bond donors (Lipinski definition) is 0. The Morgan fingerprint density at radius 3 is 2.62 bits per heavy atom. The third-order valence-corrected chi connectivity index (χ3v) is 11.4. The van der Waals surface area contributed by atoms with Gasteiger partial charge in [-0.05, 0) is 68.4 Å². The van der Waals surface area contributed by atoms with Gasteiger partial charge < -0.3 is 24.2 Å². The highest BCUT2D eigenvalue weighted by atomic mass is 35.5. The molecule has 1 fully saturated rings. The number of hydrogen-bond acceptors (Lipinski definition) is 10. The van der Waals surface area contributed by atoms with E-state index in [1.807, 2.05) is 54.4 Å². The van der Waals surface area contributed by atoms with E-state index < -0.39 is 15.8 Å². The number of nitrogens with zero attached hydrogens (tertiary/aromatic N) is 5. The van der Waals surface area contributed by atoms with Gasteiger partial charge >= 0.3 is 12.0 Å². The molecule has 10 nitrogen and oxygen atoms in total. The molecule has 6 rings (SSSR count). The number of anilines is 2. The number of esters is 1. The minimum absolute atomic E-state index is 0.0327. The van der Waals surface area contributed by atoms with Crippen LogP contribution in [0.1, 0.15) is 36.1 Å². The van der Waals surface area contributed by atoms with E-state index in [4.69, 9.17) is 31.0 Å². The second kappa shape index (κ2) is 16.2. The topological polar surface area (TPSA) is 105 Å². The molecular weight excluding hydrogens is 674 g/mol. The highest BCUT2D eigenvalue weighted by molar-refractivity contribution is 7.91. The monoisotopic (exact) mass is 717 g/mol. The number of benzene rings is 3. The van der Waals surface area contributed by atoms with Crippen molar-refractivity contribution in [3.63, 3.8) is 0 Å². The van der Waals surface area contributed by atoms with E-state index in [0.717, 1.165) is 65.0 Å².